The molecule has 0 aliphatic carbocycles. The zero-order valence-corrected chi connectivity index (χ0v) is 14.9. The van der Waals surface area contributed by atoms with Crippen molar-refractivity contribution in [2.75, 3.05) is 0 Å². The highest BCUT2D eigenvalue weighted by Crippen LogP contribution is 2.36. The van der Waals surface area contributed by atoms with Crippen molar-refractivity contribution in [3.05, 3.63) is 103 Å². The summed E-state index contributed by atoms with van der Waals surface area (Å²) in [6.45, 7) is 0. The van der Waals surface area contributed by atoms with E-state index >= 15 is 4.39 Å². The first-order valence-electron chi connectivity index (χ1n) is 9.04. The number of pyridine rings is 1. The minimum Gasteiger partial charge on any atom is -0.256 e. The molecule has 0 aliphatic rings. The van der Waals surface area contributed by atoms with Crippen LogP contribution in [0.5, 0.6) is 0 Å². The quantitative estimate of drug-likeness (QED) is 0.327. The molecule has 0 saturated carbocycles. The number of rotatable bonds is 2. The Labute approximate surface area is 160 Å². The van der Waals surface area contributed by atoms with Gasteiger partial charge < -0.3 is 0 Å². The SMILES string of the molecule is Fc1cc2c(-c3ccc4ccccc4c3)nccc2c(F)c1-c1ccccc1. The standard InChI is InChI=1S/C25H15F2N/c26-22-15-21-20(24(27)23(22)17-7-2-1-3-8-17)12-13-28-25(21)19-11-10-16-6-4-5-9-18(16)14-19/h1-15H. The fraction of sp³-hybridized carbons (Fsp3) is 0. The third-order valence-electron chi connectivity index (χ3n) is 5.04. The number of hydrogen-bond acceptors (Lipinski definition) is 1. The van der Waals surface area contributed by atoms with Gasteiger partial charge in [-0.3, -0.25) is 4.98 Å². The largest absolute Gasteiger partial charge is 0.256 e. The van der Waals surface area contributed by atoms with Gasteiger partial charge in [-0.1, -0.05) is 66.7 Å². The third kappa shape index (κ3) is 2.64. The molecule has 0 saturated heterocycles. The molecule has 0 aliphatic heterocycles. The van der Waals surface area contributed by atoms with E-state index in [4.69, 9.17) is 0 Å². The van der Waals surface area contributed by atoms with Gasteiger partial charge >= 0.3 is 0 Å². The van der Waals surface area contributed by atoms with Crippen LogP contribution >= 0.6 is 0 Å². The second-order valence-corrected chi connectivity index (χ2v) is 6.73. The molecule has 1 aromatic heterocycles. The fourth-order valence-electron chi connectivity index (χ4n) is 3.69. The predicted octanol–water partition coefficient (Wildman–Crippen LogP) is 7.00. The number of fused-ring (bicyclic) bond motifs is 2. The Balaban J connectivity index is 1.77. The summed E-state index contributed by atoms with van der Waals surface area (Å²) in [5, 5.41) is 2.99. The highest BCUT2D eigenvalue weighted by molar-refractivity contribution is 5.99. The molecule has 4 aromatic carbocycles. The molecule has 3 heteroatoms. The van der Waals surface area contributed by atoms with Crippen LogP contribution in [0.3, 0.4) is 0 Å². The minimum absolute atomic E-state index is 0.0104. The molecule has 134 valence electrons. The molecule has 0 amide bonds. The second-order valence-electron chi connectivity index (χ2n) is 6.73. The van der Waals surface area contributed by atoms with Crippen molar-refractivity contribution in [1.29, 1.82) is 0 Å². The molecule has 1 heterocycles. The lowest BCUT2D eigenvalue weighted by Crippen LogP contribution is -1.95. The van der Waals surface area contributed by atoms with Gasteiger partial charge in [0, 0.05) is 22.5 Å². The number of nitrogens with zero attached hydrogens (tertiary/aromatic N) is 1. The molecule has 0 unspecified atom stereocenters. The Bertz CT molecular complexity index is 1330. The Morgan fingerprint density at radius 1 is 0.607 bits per heavy atom. The van der Waals surface area contributed by atoms with Crippen LogP contribution in [0.1, 0.15) is 0 Å². The summed E-state index contributed by atoms with van der Waals surface area (Å²) in [7, 11) is 0. The van der Waals surface area contributed by atoms with E-state index in [2.05, 4.69) is 4.98 Å². The zero-order valence-electron chi connectivity index (χ0n) is 14.9. The summed E-state index contributed by atoms with van der Waals surface area (Å²) in [6, 6.07) is 25.7. The number of benzene rings is 4. The van der Waals surface area contributed by atoms with Crippen LogP contribution in [0.25, 0.3) is 43.9 Å². The van der Waals surface area contributed by atoms with Crippen molar-refractivity contribution in [2.24, 2.45) is 0 Å². The molecule has 0 N–H and O–H groups in total. The topological polar surface area (TPSA) is 12.9 Å². The van der Waals surface area contributed by atoms with Crippen molar-refractivity contribution in [3.8, 4) is 22.4 Å². The molecule has 1 nitrogen and oxygen atoms in total. The molecular formula is C25H15F2N. The Morgan fingerprint density at radius 3 is 2.18 bits per heavy atom. The summed E-state index contributed by atoms with van der Waals surface area (Å²) >= 11 is 0. The number of halogens is 2. The van der Waals surface area contributed by atoms with Crippen molar-refractivity contribution in [1.82, 2.24) is 4.98 Å². The van der Waals surface area contributed by atoms with Crippen molar-refractivity contribution in [3.63, 3.8) is 0 Å². The highest BCUT2D eigenvalue weighted by atomic mass is 19.1. The van der Waals surface area contributed by atoms with E-state index < -0.39 is 11.6 Å². The molecular weight excluding hydrogens is 352 g/mol. The lowest BCUT2D eigenvalue weighted by molar-refractivity contribution is 0.598. The van der Waals surface area contributed by atoms with Crippen LogP contribution in [-0.4, -0.2) is 4.98 Å². The van der Waals surface area contributed by atoms with Crippen LogP contribution in [0.2, 0.25) is 0 Å². The minimum atomic E-state index is -0.591. The molecule has 0 bridgehead atoms. The van der Waals surface area contributed by atoms with E-state index in [1.165, 1.54) is 6.07 Å². The average Bonchev–Trinajstić information content (AvgIpc) is 2.74. The summed E-state index contributed by atoms with van der Waals surface area (Å²) < 4.78 is 30.2. The van der Waals surface area contributed by atoms with Gasteiger partial charge in [-0.2, -0.15) is 0 Å². The van der Waals surface area contributed by atoms with Crippen LogP contribution in [0, 0.1) is 11.6 Å². The predicted molar refractivity (Wildman–Crippen MR) is 110 cm³/mol. The second kappa shape index (κ2) is 6.54. The molecule has 0 spiro atoms. The van der Waals surface area contributed by atoms with Gasteiger partial charge in [0.1, 0.15) is 11.6 Å². The maximum atomic E-state index is 15.3. The first-order valence-corrected chi connectivity index (χ1v) is 9.04. The summed E-state index contributed by atoms with van der Waals surface area (Å²) in [6.07, 6.45) is 1.57. The van der Waals surface area contributed by atoms with Crippen LogP contribution in [0.15, 0.2) is 91.1 Å². The fourth-order valence-corrected chi connectivity index (χ4v) is 3.69. The first-order chi connectivity index (χ1) is 13.7. The summed E-state index contributed by atoms with van der Waals surface area (Å²) in [5.74, 6) is -1.16. The van der Waals surface area contributed by atoms with Gasteiger partial charge in [0.05, 0.1) is 11.3 Å². The van der Waals surface area contributed by atoms with E-state index in [0.29, 0.717) is 22.0 Å². The van der Waals surface area contributed by atoms with Crippen molar-refractivity contribution >= 4 is 21.5 Å². The van der Waals surface area contributed by atoms with Gasteiger partial charge in [0.2, 0.25) is 0 Å². The molecule has 28 heavy (non-hydrogen) atoms. The van der Waals surface area contributed by atoms with E-state index in [1.807, 2.05) is 48.5 Å². The van der Waals surface area contributed by atoms with Gasteiger partial charge in [0.15, 0.2) is 0 Å². The average molecular weight is 367 g/mol. The first kappa shape index (κ1) is 16.6. The van der Waals surface area contributed by atoms with E-state index in [1.54, 1.807) is 36.5 Å². The lowest BCUT2D eigenvalue weighted by atomic mass is 9.96. The Hall–Kier alpha value is -3.59. The summed E-state index contributed by atoms with van der Waals surface area (Å²) in [4.78, 5) is 4.44. The van der Waals surface area contributed by atoms with Crippen LogP contribution in [-0.2, 0) is 0 Å². The van der Waals surface area contributed by atoms with Gasteiger partial charge in [-0.05, 0) is 34.5 Å². The van der Waals surface area contributed by atoms with E-state index in [-0.39, 0.29) is 5.56 Å². The van der Waals surface area contributed by atoms with Gasteiger partial charge in [-0.15, -0.1) is 0 Å². The Kier molecular flexibility index (Phi) is 3.87. The smallest absolute Gasteiger partial charge is 0.141 e. The monoisotopic (exact) mass is 367 g/mol. The maximum absolute atomic E-state index is 15.3. The highest BCUT2D eigenvalue weighted by Gasteiger charge is 2.18. The van der Waals surface area contributed by atoms with E-state index in [9.17, 15) is 4.39 Å². The molecule has 5 rings (SSSR count). The van der Waals surface area contributed by atoms with Gasteiger partial charge in [0.25, 0.3) is 0 Å². The Morgan fingerprint density at radius 2 is 1.36 bits per heavy atom. The number of hydrogen-bond donors (Lipinski definition) is 0. The van der Waals surface area contributed by atoms with E-state index in [0.717, 1.165) is 16.3 Å². The van der Waals surface area contributed by atoms with Crippen LogP contribution in [0.4, 0.5) is 8.78 Å². The normalized spacial score (nSPS) is 11.2. The van der Waals surface area contributed by atoms with Crippen molar-refractivity contribution < 1.29 is 8.78 Å². The van der Waals surface area contributed by atoms with Crippen molar-refractivity contribution in [2.45, 2.75) is 0 Å². The molecule has 0 atom stereocenters. The summed E-state index contributed by atoms with van der Waals surface area (Å²) in [5.41, 5.74) is 1.91. The van der Waals surface area contributed by atoms with Gasteiger partial charge in [-0.25, -0.2) is 8.78 Å². The lowest BCUT2D eigenvalue weighted by Gasteiger charge is -2.12. The molecule has 5 aromatic rings. The van der Waals surface area contributed by atoms with Crippen LogP contribution < -0.4 is 0 Å². The number of aromatic nitrogens is 1. The molecule has 0 radical (unpaired) electrons. The maximum Gasteiger partial charge on any atom is 0.141 e. The molecule has 0 fully saturated rings. The zero-order chi connectivity index (χ0) is 19.1. The third-order valence-corrected chi connectivity index (χ3v) is 5.04.